The molecule has 0 aliphatic carbocycles. The van der Waals surface area contributed by atoms with Crippen LogP contribution < -0.4 is 0 Å². The molecule has 0 saturated carbocycles. The highest BCUT2D eigenvalue weighted by atomic mass is 32.2. The molecule has 2 heterocycles. The van der Waals surface area contributed by atoms with E-state index in [-0.39, 0.29) is 0 Å². The Balaban J connectivity index is 2.14. The Bertz CT molecular complexity index is 784. The van der Waals surface area contributed by atoms with Crippen molar-refractivity contribution < 1.29 is 9.90 Å². The van der Waals surface area contributed by atoms with Crippen LogP contribution in [-0.2, 0) is 0 Å². The van der Waals surface area contributed by atoms with Crippen LogP contribution in [0.15, 0.2) is 46.6 Å². The van der Waals surface area contributed by atoms with E-state index in [1.165, 1.54) is 29.4 Å². The third-order valence-corrected chi connectivity index (χ3v) is 5.04. The predicted octanol–water partition coefficient (Wildman–Crippen LogP) is 3.85. The van der Waals surface area contributed by atoms with Gasteiger partial charge in [0.2, 0.25) is 0 Å². The lowest BCUT2D eigenvalue weighted by Crippen LogP contribution is -1.94. The Hall–Kier alpha value is -1.92. The number of rotatable bonds is 3. The zero-order valence-corrected chi connectivity index (χ0v) is 12.2. The van der Waals surface area contributed by atoms with E-state index >= 15 is 0 Å². The van der Waals surface area contributed by atoms with Crippen molar-refractivity contribution in [3.63, 3.8) is 0 Å². The van der Waals surface area contributed by atoms with Crippen molar-refractivity contribution >= 4 is 39.3 Å². The summed E-state index contributed by atoms with van der Waals surface area (Å²) in [5.41, 5.74) is 0.733. The molecule has 0 spiro atoms. The molecule has 0 amide bonds. The van der Waals surface area contributed by atoms with Crippen LogP contribution in [0.5, 0.6) is 0 Å². The highest BCUT2D eigenvalue weighted by molar-refractivity contribution is 7.99. The fourth-order valence-electron chi connectivity index (χ4n) is 1.92. The Kier molecular flexibility index (Phi) is 3.42. The molecule has 0 aliphatic rings. The van der Waals surface area contributed by atoms with E-state index in [1.807, 2.05) is 30.3 Å². The summed E-state index contributed by atoms with van der Waals surface area (Å²) in [4.78, 5) is 21.8. The minimum Gasteiger partial charge on any atom is -0.477 e. The molecule has 0 radical (unpaired) electrons. The quantitative estimate of drug-likeness (QED) is 0.745. The van der Waals surface area contributed by atoms with Gasteiger partial charge in [-0.2, -0.15) is 0 Å². The molecule has 0 fully saturated rings. The van der Waals surface area contributed by atoms with Gasteiger partial charge in [-0.15, -0.1) is 11.3 Å². The van der Waals surface area contributed by atoms with Gasteiger partial charge in [0.15, 0.2) is 0 Å². The van der Waals surface area contributed by atoms with Crippen LogP contribution in [0.3, 0.4) is 0 Å². The van der Waals surface area contributed by atoms with E-state index in [4.69, 9.17) is 0 Å². The van der Waals surface area contributed by atoms with Gasteiger partial charge in [-0.3, -0.25) is 0 Å². The zero-order valence-electron chi connectivity index (χ0n) is 10.5. The molecule has 1 aromatic carbocycles. The Morgan fingerprint density at radius 1 is 1.25 bits per heavy atom. The van der Waals surface area contributed by atoms with Crippen molar-refractivity contribution in [1.82, 2.24) is 9.97 Å². The molecule has 2 aromatic heterocycles. The van der Waals surface area contributed by atoms with Gasteiger partial charge in [0, 0.05) is 10.3 Å². The number of carbonyl (C=O) groups is 1. The monoisotopic (exact) mass is 302 g/mol. The van der Waals surface area contributed by atoms with E-state index in [0.29, 0.717) is 9.71 Å². The fourth-order valence-corrected chi connectivity index (χ4v) is 3.94. The smallest absolute Gasteiger partial charge is 0.346 e. The fraction of sp³-hybridized carbons (Fsp3) is 0.0714. The molecule has 0 unspecified atom stereocenters. The molecule has 0 bridgehead atoms. The lowest BCUT2D eigenvalue weighted by molar-refractivity contribution is 0.0701. The topological polar surface area (TPSA) is 63.1 Å². The average Bonchev–Trinajstić information content (AvgIpc) is 2.79. The average molecular weight is 302 g/mol. The maximum absolute atomic E-state index is 11.2. The minimum absolute atomic E-state index is 0.329. The standard InChI is InChI=1S/C14H10N2O2S2/c1-8-10-12(19-9-5-3-2-4-6-9)15-7-16-13(10)20-11(8)14(17)18/h2-7H,1H3,(H,17,18). The number of fused-ring (bicyclic) bond motifs is 1. The van der Waals surface area contributed by atoms with Crippen LogP contribution in [0, 0.1) is 6.92 Å². The molecule has 3 rings (SSSR count). The number of carboxylic acids is 1. The number of nitrogens with zero attached hydrogens (tertiary/aromatic N) is 2. The van der Waals surface area contributed by atoms with Gasteiger partial charge < -0.3 is 5.11 Å². The lowest BCUT2D eigenvalue weighted by atomic mass is 10.2. The third-order valence-electron chi connectivity index (χ3n) is 2.84. The number of thiophene rings is 1. The van der Waals surface area contributed by atoms with Crippen LogP contribution in [0.2, 0.25) is 0 Å². The number of aryl methyl sites for hydroxylation is 1. The molecular formula is C14H10N2O2S2. The number of hydrogen-bond donors (Lipinski definition) is 1. The number of aromatic carboxylic acids is 1. The van der Waals surface area contributed by atoms with E-state index in [0.717, 1.165) is 20.9 Å². The predicted molar refractivity (Wildman–Crippen MR) is 79.7 cm³/mol. The lowest BCUT2D eigenvalue weighted by Gasteiger charge is -2.02. The second kappa shape index (κ2) is 5.22. The van der Waals surface area contributed by atoms with Gasteiger partial charge in [-0.25, -0.2) is 14.8 Å². The van der Waals surface area contributed by atoms with Gasteiger partial charge in [0.25, 0.3) is 0 Å². The molecular weight excluding hydrogens is 292 g/mol. The Labute approximate surface area is 123 Å². The molecule has 0 saturated heterocycles. The minimum atomic E-state index is -0.916. The third kappa shape index (κ3) is 2.28. The molecule has 6 heteroatoms. The summed E-state index contributed by atoms with van der Waals surface area (Å²) in [7, 11) is 0. The van der Waals surface area contributed by atoms with Crippen LogP contribution in [0.25, 0.3) is 10.2 Å². The molecule has 20 heavy (non-hydrogen) atoms. The molecule has 4 nitrogen and oxygen atoms in total. The first-order chi connectivity index (χ1) is 9.66. The summed E-state index contributed by atoms with van der Waals surface area (Å²) in [5, 5.41) is 10.8. The van der Waals surface area contributed by atoms with Gasteiger partial charge >= 0.3 is 5.97 Å². The molecule has 0 atom stereocenters. The number of aromatic nitrogens is 2. The van der Waals surface area contributed by atoms with Crippen molar-refractivity contribution in [3.8, 4) is 0 Å². The van der Waals surface area contributed by atoms with Crippen LogP contribution >= 0.6 is 23.1 Å². The maximum atomic E-state index is 11.2. The highest BCUT2D eigenvalue weighted by Gasteiger charge is 2.18. The summed E-state index contributed by atoms with van der Waals surface area (Å²) in [5.74, 6) is -0.916. The maximum Gasteiger partial charge on any atom is 0.346 e. The van der Waals surface area contributed by atoms with Crippen molar-refractivity contribution in [2.75, 3.05) is 0 Å². The van der Waals surface area contributed by atoms with Crippen molar-refractivity contribution in [1.29, 1.82) is 0 Å². The first-order valence-electron chi connectivity index (χ1n) is 5.87. The summed E-state index contributed by atoms with van der Waals surface area (Å²) in [6, 6.07) is 9.88. The van der Waals surface area contributed by atoms with E-state index in [9.17, 15) is 9.90 Å². The second-order valence-electron chi connectivity index (χ2n) is 4.14. The van der Waals surface area contributed by atoms with Gasteiger partial charge in [-0.1, -0.05) is 30.0 Å². The molecule has 100 valence electrons. The van der Waals surface area contributed by atoms with Gasteiger partial charge in [-0.05, 0) is 24.6 Å². The second-order valence-corrected chi connectivity index (χ2v) is 6.20. The normalized spacial score (nSPS) is 10.8. The summed E-state index contributed by atoms with van der Waals surface area (Å²) >= 11 is 2.71. The number of hydrogen-bond acceptors (Lipinski definition) is 5. The Morgan fingerprint density at radius 3 is 2.70 bits per heavy atom. The van der Waals surface area contributed by atoms with Crippen molar-refractivity contribution in [2.24, 2.45) is 0 Å². The van der Waals surface area contributed by atoms with Gasteiger partial charge in [0.1, 0.15) is 21.1 Å². The highest BCUT2D eigenvalue weighted by Crippen LogP contribution is 2.37. The first kappa shape index (κ1) is 13.1. The zero-order chi connectivity index (χ0) is 14.1. The number of benzene rings is 1. The van der Waals surface area contributed by atoms with Crippen molar-refractivity contribution in [2.45, 2.75) is 16.8 Å². The van der Waals surface area contributed by atoms with E-state index < -0.39 is 5.97 Å². The van der Waals surface area contributed by atoms with Crippen LogP contribution in [0.4, 0.5) is 0 Å². The first-order valence-corrected chi connectivity index (χ1v) is 7.50. The largest absolute Gasteiger partial charge is 0.477 e. The SMILES string of the molecule is Cc1c(C(=O)O)sc2ncnc(Sc3ccccc3)c12. The Morgan fingerprint density at radius 2 is 2.00 bits per heavy atom. The van der Waals surface area contributed by atoms with Crippen LogP contribution in [0.1, 0.15) is 15.2 Å². The van der Waals surface area contributed by atoms with E-state index in [1.54, 1.807) is 6.92 Å². The summed E-state index contributed by atoms with van der Waals surface area (Å²) in [6.07, 6.45) is 1.48. The van der Waals surface area contributed by atoms with E-state index in [2.05, 4.69) is 9.97 Å². The summed E-state index contributed by atoms with van der Waals surface area (Å²) in [6.45, 7) is 1.81. The van der Waals surface area contributed by atoms with Gasteiger partial charge in [0.05, 0.1) is 0 Å². The number of carboxylic acid groups (broad SMARTS) is 1. The molecule has 1 N–H and O–H groups in total. The van der Waals surface area contributed by atoms with Crippen molar-refractivity contribution in [3.05, 3.63) is 47.1 Å². The van der Waals surface area contributed by atoms with Crippen LogP contribution in [-0.4, -0.2) is 21.0 Å². The summed E-state index contributed by atoms with van der Waals surface area (Å²) < 4.78 is 0. The molecule has 3 aromatic rings. The molecule has 0 aliphatic heterocycles.